The van der Waals surface area contributed by atoms with E-state index in [2.05, 4.69) is 20.9 Å². The molecule has 1 aromatic heterocycles. The molecular formula is C13H6BrClF2N2S. The van der Waals surface area contributed by atoms with Gasteiger partial charge in [-0.2, -0.15) is 0 Å². The van der Waals surface area contributed by atoms with Crippen molar-refractivity contribution in [2.75, 3.05) is 0 Å². The van der Waals surface area contributed by atoms with E-state index in [1.165, 1.54) is 18.2 Å². The molecule has 0 saturated heterocycles. The van der Waals surface area contributed by atoms with Crippen molar-refractivity contribution in [1.29, 1.82) is 0 Å². The lowest BCUT2D eigenvalue weighted by molar-refractivity contribution is 0.626. The van der Waals surface area contributed by atoms with Crippen molar-refractivity contribution in [3.63, 3.8) is 0 Å². The molecule has 2 nitrogen and oxygen atoms in total. The number of halogens is 4. The first-order valence-electron chi connectivity index (χ1n) is 5.53. The molecule has 102 valence electrons. The molecule has 0 aliphatic carbocycles. The maximum absolute atomic E-state index is 13.8. The summed E-state index contributed by atoms with van der Waals surface area (Å²) in [5.41, 5.74) is 1.28. The zero-order chi connectivity index (χ0) is 14.4. The van der Waals surface area contributed by atoms with Gasteiger partial charge < -0.3 is 4.98 Å². The van der Waals surface area contributed by atoms with Crippen LogP contribution in [-0.4, -0.2) is 9.55 Å². The summed E-state index contributed by atoms with van der Waals surface area (Å²) in [7, 11) is 0. The summed E-state index contributed by atoms with van der Waals surface area (Å²) in [4.78, 5) is 2.79. The average molecular weight is 376 g/mol. The molecule has 1 N–H and O–H groups in total. The van der Waals surface area contributed by atoms with Crippen molar-refractivity contribution >= 4 is 50.8 Å². The van der Waals surface area contributed by atoms with Gasteiger partial charge >= 0.3 is 0 Å². The Morgan fingerprint density at radius 3 is 2.70 bits per heavy atom. The lowest BCUT2D eigenvalue weighted by Gasteiger charge is -2.10. The van der Waals surface area contributed by atoms with Gasteiger partial charge in [-0.05, 0) is 52.4 Å². The quantitative estimate of drug-likeness (QED) is 0.566. The zero-order valence-corrected chi connectivity index (χ0v) is 12.9. The Morgan fingerprint density at radius 1 is 1.25 bits per heavy atom. The number of para-hydroxylation sites is 1. The standard InChI is InChI=1S/C13H6BrClF2N2S/c14-7-4-6(16)5-8(15)12(7)19-10-3-1-2-9(17)11(10)18-13(19)20/h1-5H,(H,18,20). The number of benzene rings is 2. The molecule has 0 saturated carbocycles. The van der Waals surface area contributed by atoms with E-state index in [-0.39, 0.29) is 15.3 Å². The van der Waals surface area contributed by atoms with E-state index < -0.39 is 11.6 Å². The summed E-state index contributed by atoms with van der Waals surface area (Å²) in [6.07, 6.45) is 0. The first-order chi connectivity index (χ1) is 9.49. The molecule has 1 heterocycles. The van der Waals surface area contributed by atoms with Crippen LogP contribution in [0.15, 0.2) is 34.8 Å². The molecule has 2 aromatic carbocycles. The molecule has 0 aliphatic rings. The monoisotopic (exact) mass is 374 g/mol. The molecule has 0 fully saturated rings. The van der Waals surface area contributed by atoms with Crippen molar-refractivity contribution < 1.29 is 8.78 Å². The molecule has 0 amide bonds. The Bertz CT molecular complexity index is 865. The van der Waals surface area contributed by atoms with Crippen LogP contribution in [0.2, 0.25) is 5.02 Å². The molecule has 0 bridgehead atoms. The van der Waals surface area contributed by atoms with Crippen molar-refractivity contribution in [3.8, 4) is 5.69 Å². The largest absolute Gasteiger partial charge is 0.328 e. The van der Waals surface area contributed by atoms with E-state index in [9.17, 15) is 8.78 Å². The number of hydrogen-bond donors (Lipinski definition) is 1. The van der Waals surface area contributed by atoms with Crippen LogP contribution in [0.25, 0.3) is 16.7 Å². The second-order valence-corrected chi connectivity index (χ2v) is 5.77. The van der Waals surface area contributed by atoms with Crippen molar-refractivity contribution in [2.24, 2.45) is 0 Å². The minimum Gasteiger partial charge on any atom is -0.328 e. The molecule has 0 spiro atoms. The average Bonchev–Trinajstić information content (AvgIpc) is 2.67. The first kappa shape index (κ1) is 13.7. The van der Waals surface area contributed by atoms with Crippen molar-refractivity contribution in [2.45, 2.75) is 0 Å². The highest BCUT2D eigenvalue weighted by Gasteiger charge is 2.16. The maximum Gasteiger partial charge on any atom is 0.182 e. The summed E-state index contributed by atoms with van der Waals surface area (Å²) in [6.45, 7) is 0. The topological polar surface area (TPSA) is 20.7 Å². The predicted molar refractivity (Wildman–Crippen MR) is 81.1 cm³/mol. The number of hydrogen-bond acceptors (Lipinski definition) is 1. The van der Waals surface area contributed by atoms with Crippen molar-refractivity contribution in [3.05, 3.63) is 56.2 Å². The van der Waals surface area contributed by atoms with E-state index in [4.69, 9.17) is 23.8 Å². The summed E-state index contributed by atoms with van der Waals surface area (Å²) < 4.78 is 29.4. The van der Waals surface area contributed by atoms with Crippen LogP contribution in [0.4, 0.5) is 8.78 Å². The molecule has 3 rings (SSSR count). The Balaban J connectivity index is 2.45. The third-order valence-corrected chi connectivity index (χ3v) is 4.05. The number of fused-ring (bicyclic) bond motifs is 1. The Labute approximate surface area is 131 Å². The summed E-state index contributed by atoms with van der Waals surface area (Å²) in [5, 5.41) is 0.179. The minimum absolute atomic E-state index is 0.179. The summed E-state index contributed by atoms with van der Waals surface area (Å²) >= 11 is 14.6. The van der Waals surface area contributed by atoms with Gasteiger partial charge in [0.15, 0.2) is 4.77 Å². The van der Waals surface area contributed by atoms with E-state index in [0.717, 1.165) is 0 Å². The van der Waals surface area contributed by atoms with Gasteiger partial charge in [0.05, 0.1) is 16.2 Å². The van der Waals surface area contributed by atoms with Crippen LogP contribution in [0.3, 0.4) is 0 Å². The Hall–Kier alpha value is -1.24. The number of imidazole rings is 1. The third-order valence-electron chi connectivity index (χ3n) is 2.87. The molecule has 0 unspecified atom stereocenters. The van der Waals surface area contributed by atoms with Crippen LogP contribution in [0, 0.1) is 16.4 Å². The van der Waals surface area contributed by atoms with Crippen molar-refractivity contribution in [1.82, 2.24) is 9.55 Å². The van der Waals surface area contributed by atoms with Gasteiger partial charge in [0.2, 0.25) is 0 Å². The lowest BCUT2D eigenvalue weighted by Crippen LogP contribution is -1.97. The fourth-order valence-electron chi connectivity index (χ4n) is 2.07. The highest BCUT2D eigenvalue weighted by Crippen LogP contribution is 2.33. The molecule has 3 aromatic rings. The molecule has 0 atom stereocenters. The number of aromatic amines is 1. The lowest BCUT2D eigenvalue weighted by atomic mass is 10.2. The SMILES string of the molecule is Fc1cc(Cl)c(-n2c(=S)[nH]c3c(F)cccc32)c(Br)c1. The number of nitrogens with one attached hydrogen (secondary N) is 1. The normalized spacial score (nSPS) is 11.2. The van der Waals surface area contributed by atoms with Crippen LogP contribution >= 0.6 is 39.7 Å². The van der Waals surface area contributed by atoms with Crippen LogP contribution in [0.5, 0.6) is 0 Å². The van der Waals surface area contributed by atoms with Gasteiger partial charge in [-0.1, -0.05) is 17.7 Å². The Kier molecular flexibility index (Phi) is 3.40. The van der Waals surface area contributed by atoms with Crippen LogP contribution in [0.1, 0.15) is 0 Å². The molecule has 20 heavy (non-hydrogen) atoms. The van der Waals surface area contributed by atoms with Gasteiger partial charge in [0, 0.05) is 4.47 Å². The van der Waals surface area contributed by atoms with Crippen LogP contribution < -0.4 is 0 Å². The highest BCUT2D eigenvalue weighted by atomic mass is 79.9. The van der Waals surface area contributed by atoms with E-state index in [1.807, 2.05) is 0 Å². The van der Waals surface area contributed by atoms with Crippen LogP contribution in [-0.2, 0) is 0 Å². The van der Waals surface area contributed by atoms with Gasteiger partial charge in [0.1, 0.15) is 17.2 Å². The maximum atomic E-state index is 13.8. The number of nitrogens with zero attached hydrogens (tertiary/aromatic N) is 1. The fourth-order valence-corrected chi connectivity index (χ4v) is 3.37. The highest BCUT2D eigenvalue weighted by molar-refractivity contribution is 9.10. The zero-order valence-electron chi connectivity index (χ0n) is 9.75. The molecular weight excluding hydrogens is 370 g/mol. The van der Waals surface area contributed by atoms with E-state index in [0.29, 0.717) is 15.7 Å². The van der Waals surface area contributed by atoms with Gasteiger partial charge in [-0.15, -0.1) is 0 Å². The van der Waals surface area contributed by atoms with Gasteiger partial charge in [-0.25, -0.2) is 8.78 Å². The molecule has 0 radical (unpaired) electrons. The smallest absolute Gasteiger partial charge is 0.182 e. The number of aromatic nitrogens is 2. The van der Waals surface area contributed by atoms with Gasteiger partial charge in [-0.3, -0.25) is 4.57 Å². The van der Waals surface area contributed by atoms with Gasteiger partial charge in [0.25, 0.3) is 0 Å². The second-order valence-electron chi connectivity index (χ2n) is 4.12. The number of rotatable bonds is 1. The molecule has 7 heteroatoms. The Morgan fingerprint density at radius 2 is 2.00 bits per heavy atom. The number of H-pyrrole nitrogens is 1. The summed E-state index contributed by atoms with van der Waals surface area (Å²) in [5.74, 6) is -0.884. The van der Waals surface area contributed by atoms with E-state index >= 15 is 0 Å². The minimum atomic E-state index is -0.469. The first-order valence-corrected chi connectivity index (χ1v) is 7.11. The fraction of sp³-hybridized carbons (Fsp3) is 0. The van der Waals surface area contributed by atoms with E-state index in [1.54, 1.807) is 16.7 Å². The second kappa shape index (κ2) is 4.95. The predicted octanol–water partition coefficient (Wildman–Crippen LogP) is 5.38. The molecule has 0 aliphatic heterocycles. The summed E-state index contributed by atoms with van der Waals surface area (Å²) in [6, 6.07) is 7.07. The third kappa shape index (κ3) is 2.08.